The molecule has 8 nitrogen and oxygen atoms in total. The van der Waals surface area contributed by atoms with Gasteiger partial charge in [-0.2, -0.15) is 0 Å². The van der Waals surface area contributed by atoms with Crippen LogP contribution in [0.4, 0.5) is 5.69 Å². The highest BCUT2D eigenvalue weighted by Crippen LogP contribution is 2.24. The molecule has 1 aromatic heterocycles. The number of rotatable bonds is 8. The minimum Gasteiger partial charge on any atom is -0.497 e. The SMILES string of the molecule is COc1ccc(C(NC(=O)c2ccc(S(=O)(=O)Nc3ccc(C)cc3)cc2)c2nccn2C)cc1. The molecule has 1 heterocycles. The lowest BCUT2D eigenvalue weighted by atomic mass is 10.0. The summed E-state index contributed by atoms with van der Waals surface area (Å²) in [6.45, 7) is 1.93. The van der Waals surface area contributed by atoms with Gasteiger partial charge in [0, 0.05) is 30.7 Å². The van der Waals surface area contributed by atoms with Crippen molar-refractivity contribution in [1.29, 1.82) is 0 Å². The van der Waals surface area contributed by atoms with E-state index >= 15 is 0 Å². The van der Waals surface area contributed by atoms with Crippen LogP contribution in [-0.2, 0) is 17.1 Å². The second-order valence-corrected chi connectivity index (χ2v) is 9.75. The van der Waals surface area contributed by atoms with E-state index in [0.29, 0.717) is 22.8 Å². The predicted molar refractivity (Wildman–Crippen MR) is 134 cm³/mol. The zero-order valence-electron chi connectivity index (χ0n) is 19.6. The Kier molecular flexibility index (Phi) is 6.88. The summed E-state index contributed by atoms with van der Waals surface area (Å²) in [6.07, 6.45) is 3.47. The highest BCUT2D eigenvalue weighted by molar-refractivity contribution is 7.92. The Morgan fingerprint density at radius 3 is 2.20 bits per heavy atom. The number of carbonyl (C=O) groups is 1. The molecule has 4 aromatic rings. The number of hydrogen-bond acceptors (Lipinski definition) is 5. The third-order valence-corrected chi connectivity index (χ3v) is 6.97. The molecule has 0 aliphatic rings. The first-order chi connectivity index (χ1) is 16.8. The van der Waals surface area contributed by atoms with Crippen LogP contribution in [0.25, 0.3) is 0 Å². The van der Waals surface area contributed by atoms with Crippen LogP contribution in [0.15, 0.2) is 90.1 Å². The van der Waals surface area contributed by atoms with Crippen molar-refractivity contribution in [2.75, 3.05) is 11.8 Å². The van der Waals surface area contributed by atoms with Gasteiger partial charge in [-0.1, -0.05) is 29.8 Å². The van der Waals surface area contributed by atoms with Crippen molar-refractivity contribution in [1.82, 2.24) is 14.9 Å². The molecule has 0 aliphatic heterocycles. The van der Waals surface area contributed by atoms with Gasteiger partial charge in [0.25, 0.3) is 15.9 Å². The molecule has 0 bridgehead atoms. The number of ether oxygens (including phenoxy) is 1. The number of amides is 1. The summed E-state index contributed by atoms with van der Waals surface area (Å²) in [5.74, 6) is 1.00. The Labute approximate surface area is 204 Å². The van der Waals surface area contributed by atoms with Crippen LogP contribution in [0, 0.1) is 6.92 Å². The van der Waals surface area contributed by atoms with E-state index in [1.54, 1.807) is 31.6 Å². The smallest absolute Gasteiger partial charge is 0.261 e. The quantitative estimate of drug-likeness (QED) is 0.388. The van der Waals surface area contributed by atoms with Crippen molar-refractivity contribution in [3.63, 3.8) is 0 Å². The number of carbonyl (C=O) groups excluding carboxylic acids is 1. The number of methoxy groups -OCH3 is 1. The van der Waals surface area contributed by atoms with E-state index < -0.39 is 16.1 Å². The molecular weight excluding hydrogens is 464 g/mol. The van der Waals surface area contributed by atoms with Gasteiger partial charge in [-0.05, 0) is 61.0 Å². The van der Waals surface area contributed by atoms with Gasteiger partial charge in [-0.3, -0.25) is 9.52 Å². The normalized spacial score (nSPS) is 12.1. The van der Waals surface area contributed by atoms with Crippen LogP contribution < -0.4 is 14.8 Å². The fourth-order valence-corrected chi connectivity index (χ4v) is 4.64. The second kappa shape index (κ2) is 10.0. The van der Waals surface area contributed by atoms with Crippen LogP contribution >= 0.6 is 0 Å². The van der Waals surface area contributed by atoms with Crippen molar-refractivity contribution in [2.24, 2.45) is 7.05 Å². The molecule has 0 saturated heterocycles. The summed E-state index contributed by atoms with van der Waals surface area (Å²) in [4.78, 5) is 17.6. The molecule has 35 heavy (non-hydrogen) atoms. The van der Waals surface area contributed by atoms with Gasteiger partial charge in [0.2, 0.25) is 0 Å². The van der Waals surface area contributed by atoms with Gasteiger partial charge < -0.3 is 14.6 Å². The Bertz CT molecular complexity index is 1410. The van der Waals surface area contributed by atoms with Crippen molar-refractivity contribution in [3.05, 3.63) is 108 Å². The maximum absolute atomic E-state index is 13.1. The third kappa shape index (κ3) is 5.52. The number of anilines is 1. The lowest BCUT2D eigenvalue weighted by Crippen LogP contribution is -2.31. The number of imidazole rings is 1. The lowest BCUT2D eigenvalue weighted by molar-refractivity contribution is 0.0941. The van der Waals surface area contributed by atoms with Gasteiger partial charge in [0.05, 0.1) is 12.0 Å². The lowest BCUT2D eigenvalue weighted by Gasteiger charge is -2.19. The zero-order chi connectivity index (χ0) is 25.0. The summed E-state index contributed by atoms with van der Waals surface area (Å²) < 4.78 is 35.1. The molecule has 0 radical (unpaired) electrons. The number of nitrogens with one attached hydrogen (secondary N) is 2. The molecule has 1 atom stereocenters. The first-order valence-electron chi connectivity index (χ1n) is 10.9. The van der Waals surface area contributed by atoms with Crippen molar-refractivity contribution in [3.8, 4) is 5.75 Å². The number of benzene rings is 3. The third-order valence-electron chi connectivity index (χ3n) is 5.57. The fraction of sp³-hybridized carbons (Fsp3) is 0.154. The van der Waals surface area contributed by atoms with Crippen LogP contribution in [0.3, 0.4) is 0 Å². The summed E-state index contributed by atoms with van der Waals surface area (Å²) >= 11 is 0. The first-order valence-corrected chi connectivity index (χ1v) is 12.4. The minimum absolute atomic E-state index is 0.0606. The average molecular weight is 491 g/mol. The van der Waals surface area contributed by atoms with E-state index in [-0.39, 0.29) is 10.8 Å². The fourth-order valence-electron chi connectivity index (χ4n) is 3.58. The molecule has 1 unspecified atom stereocenters. The molecule has 0 aliphatic carbocycles. The van der Waals surface area contributed by atoms with Gasteiger partial charge >= 0.3 is 0 Å². The predicted octanol–water partition coefficient (Wildman–Crippen LogP) is 4.06. The number of aryl methyl sites for hydroxylation is 2. The second-order valence-electron chi connectivity index (χ2n) is 8.07. The van der Waals surface area contributed by atoms with Crippen LogP contribution in [0.1, 0.15) is 33.4 Å². The standard InChI is InChI=1S/C26H26N4O4S/c1-18-4-10-21(11-5-18)29-35(32,33)23-14-8-20(9-15-23)26(31)28-24(25-27-16-17-30(25)2)19-6-12-22(34-3)13-7-19/h4-17,24,29H,1-3H3,(H,28,31). The molecule has 2 N–H and O–H groups in total. The Balaban J connectivity index is 1.54. The van der Waals surface area contributed by atoms with Crippen LogP contribution in [0.2, 0.25) is 0 Å². The van der Waals surface area contributed by atoms with E-state index in [0.717, 1.165) is 11.1 Å². The van der Waals surface area contributed by atoms with Crippen LogP contribution in [0.5, 0.6) is 5.75 Å². The average Bonchev–Trinajstić information content (AvgIpc) is 3.29. The van der Waals surface area contributed by atoms with Gasteiger partial charge in [-0.15, -0.1) is 0 Å². The monoisotopic (exact) mass is 490 g/mol. The van der Waals surface area contributed by atoms with E-state index in [9.17, 15) is 13.2 Å². The van der Waals surface area contributed by atoms with Gasteiger partial charge in [0.15, 0.2) is 0 Å². The number of aromatic nitrogens is 2. The molecule has 4 rings (SSSR count). The summed E-state index contributed by atoms with van der Waals surface area (Å²) in [6, 6.07) is 19.7. The minimum atomic E-state index is -3.79. The van der Waals surface area contributed by atoms with Gasteiger partial charge in [0.1, 0.15) is 17.6 Å². The van der Waals surface area contributed by atoms with E-state index in [1.165, 1.54) is 24.3 Å². The molecule has 9 heteroatoms. The topological polar surface area (TPSA) is 102 Å². The Morgan fingerprint density at radius 1 is 0.971 bits per heavy atom. The molecule has 180 valence electrons. The number of sulfonamides is 1. The number of hydrogen-bond donors (Lipinski definition) is 2. The van der Waals surface area contributed by atoms with E-state index in [1.807, 2.05) is 54.9 Å². The maximum Gasteiger partial charge on any atom is 0.261 e. The maximum atomic E-state index is 13.1. The van der Waals surface area contributed by atoms with E-state index in [2.05, 4.69) is 15.0 Å². The first kappa shape index (κ1) is 24.0. The summed E-state index contributed by atoms with van der Waals surface area (Å²) in [5, 5.41) is 3.01. The summed E-state index contributed by atoms with van der Waals surface area (Å²) in [7, 11) is -0.346. The Hall–Kier alpha value is -4.11. The van der Waals surface area contributed by atoms with Crippen LogP contribution in [-0.4, -0.2) is 31.0 Å². The number of nitrogens with zero attached hydrogens (tertiary/aromatic N) is 2. The molecule has 0 spiro atoms. The van der Waals surface area contributed by atoms with Crippen molar-refractivity contribution >= 4 is 21.6 Å². The highest BCUT2D eigenvalue weighted by Gasteiger charge is 2.22. The Morgan fingerprint density at radius 2 is 1.63 bits per heavy atom. The van der Waals surface area contributed by atoms with E-state index in [4.69, 9.17) is 4.74 Å². The molecule has 0 saturated carbocycles. The largest absolute Gasteiger partial charge is 0.497 e. The van der Waals surface area contributed by atoms with Gasteiger partial charge in [-0.25, -0.2) is 13.4 Å². The molecule has 1 amide bonds. The zero-order valence-corrected chi connectivity index (χ0v) is 20.4. The van der Waals surface area contributed by atoms with Crippen molar-refractivity contribution < 1.29 is 17.9 Å². The molecular formula is C26H26N4O4S. The highest BCUT2D eigenvalue weighted by atomic mass is 32.2. The van der Waals surface area contributed by atoms with Crippen molar-refractivity contribution in [2.45, 2.75) is 17.9 Å². The summed E-state index contributed by atoms with van der Waals surface area (Å²) in [5.41, 5.74) is 2.65. The molecule has 3 aromatic carbocycles. The molecule has 0 fully saturated rings.